The highest BCUT2D eigenvalue weighted by atomic mass is 16.5. The van der Waals surface area contributed by atoms with Crippen molar-refractivity contribution in [2.75, 3.05) is 58.3 Å². The Morgan fingerprint density at radius 1 is 1.14 bits per heavy atom. The van der Waals surface area contributed by atoms with Crippen LogP contribution in [-0.2, 0) is 10.2 Å². The first-order valence-corrected chi connectivity index (χ1v) is 10.5. The van der Waals surface area contributed by atoms with E-state index in [4.69, 9.17) is 4.74 Å². The Bertz CT molecular complexity index is 687. The molecule has 0 saturated carbocycles. The standard InChI is InChI=1S/C22H36N4O3/c1-6-29-16-15-24(5)21(28)26-12-8-11-25(13-14-26)20(27)23-19-10-7-9-18(17-19)22(2,3)4/h7,9-10,17H,6,8,11-16H2,1-5H3,(H,23,27). The maximum Gasteiger partial charge on any atom is 0.321 e. The fraction of sp³-hybridized carbons (Fsp3) is 0.636. The summed E-state index contributed by atoms with van der Waals surface area (Å²) in [5.74, 6) is 0. The van der Waals surface area contributed by atoms with Crippen LogP contribution >= 0.6 is 0 Å². The van der Waals surface area contributed by atoms with Gasteiger partial charge in [-0.25, -0.2) is 9.59 Å². The maximum atomic E-state index is 12.8. The summed E-state index contributed by atoms with van der Waals surface area (Å²) in [7, 11) is 1.79. The smallest absolute Gasteiger partial charge is 0.321 e. The Morgan fingerprint density at radius 2 is 1.83 bits per heavy atom. The second kappa shape index (κ2) is 10.5. The van der Waals surface area contributed by atoms with Crippen molar-refractivity contribution in [2.24, 2.45) is 0 Å². The summed E-state index contributed by atoms with van der Waals surface area (Å²) in [6.45, 7) is 12.5. The highest BCUT2D eigenvalue weighted by Gasteiger charge is 2.24. The number of nitrogens with one attached hydrogen (secondary N) is 1. The monoisotopic (exact) mass is 404 g/mol. The van der Waals surface area contributed by atoms with E-state index in [9.17, 15) is 9.59 Å². The number of benzene rings is 1. The fourth-order valence-corrected chi connectivity index (χ4v) is 3.26. The molecular formula is C22H36N4O3. The molecular weight excluding hydrogens is 368 g/mol. The average molecular weight is 405 g/mol. The summed E-state index contributed by atoms with van der Waals surface area (Å²) in [5.41, 5.74) is 2.01. The zero-order valence-electron chi connectivity index (χ0n) is 18.5. The second-order valence-electron chi connectivity index (χ2n) is 8.49. The number of amides is 4. The van der Waals surface area contributed by atoms with Crippen LogP contribution in [0.15, 0.2) is 24.3 Å². The SMILES string of the molecule is CCOCCN(C)C(=O)N1CCCN(C(=O)Nc2cccc(C(C)(C)C)c2)CC1. The molecule has 1 aliphatic rings. The Morgan fingerprint density at radius 3 is 2.52 bits per heavy atom. The van der Waals surface area contributed by atoms with E-state index in [1.807, 2.05) is 30.0 Å². The van der Waals surface area contributed by atoms with Crippen LogP contribution in [0, 0.1) is 0 Å². The molecule has 7 heteroatoms. The van der Waals surface area contributed by atoms with Crippen molar-refractivity contribution in [1.82, 2.24) is 14.7 Å². The largest absolute Gasteiger partial charge is 0.380 e. The summed E-state index contributed by atoms with van der Waals surface area (Å²) < 4.78 is 5.33. The molecule has 7 nitrogen and oxygen atoms in total. The van der Waals surface area contributed by atoms with Gasteiger partial charge in [0.05, 0.1) is 6.61 Å². The van der Waals surface area contributed by atoms with Crippen molar-refractivity contribution < 1.29 is 14.3 Å². The number of carbonyl (C=O) groups excluding carboxylic acids is 2. The molecule has 1 N–H and O–H groups in total. The highest BCUT2D eigenvalue weighted by Crippen LogP contribution is 2.24. The van der Waals surface area contributed by atoms with Crippen molar-refractivity contribution in [3.05, 3.63) is 29.8 Å². The van der Waals surface area contributed by atoms with Gasteiger partial charge >= 0.3 is 12.1 Å². The number of likely N-dealkylation sites (N-methyl/N-ethyl adjacent to an activating group) is 1. The van der Waals surface area contributed by atoms with Crippen molar-refractivity contribution >= 4 is 17.7 Å². The molecule has 162 valence electrons. The third-order valence-corrected chi connectivity index (χ3v) is 5.14. The minimum Gasteiger partial charge on any atom is -0.380 e. The number of hydrogen-bond donors (Lipinski definition) is 1. The van der Waals surface area contributed by atoms with Crippen LogP contribution in [0.3, 0.4) is 0 Å². The van der Waals surface area contributed by atoms with Crippen LogP contribution in [0.1, 0.15) is 39.7 Å². The normalized spacial score (nSPS) is 15.1. The molecule has 29 heavy (non-hydrogen) atoms. The zero-order chi connectivity index (χ0) is 21.4. The lowest BCUT2D eigenvalue weighted by molar-refractivity contribution is 0.114. The predicted octanol–water partition coefficient (Wildman–Crippen LogP) is 3.61. The van der Waals surface area contributed by atoms with Crippen LogP contribution in [0.25, 0.3) is 0 Å². The Balaban J connectivity index is 1.90. The van der Waals surface area contributed by atoms with Gasteiger partial charge in [0.2, 0.25) is 0 Å². The van der Waals surface area contributed by atoms with E-state index in [1.54, 1.807) is 16.8 Å². The lowest BCUT2D eigenvalue weighted by atomic mass is 9.87. The third kappa shape index (κ3) is 6.92. The van der Waals surface area contributed by atoms with Crippen molar-refractivity contribution in [3.63, 3.8) is 0 Å². The molecule has 0 aromatic heterocycles. The minimum atomic E-state index is -0.116. The second-order valence-corrected chi connectivity index (χ2v) is 8.49. The highest BCUT2D eigenvalue weighted by molar-refractivity contribution is 5.89. The maximum absolute atomic E-state index is 12.8. The van der Waals surface area contributed by atoms with Gasteiger partial charge in [-0.3, -0.25) is 0 Å². The van der Waals surface area contributed by atoms with E-state index < -0.39 is 0 Å². The van der Waals surface area contributed by atoms with E-state index in [0.29, 0.717) is 45.9 Å². The summed E-state index contributed by atoms with van der Waals surface area (Å²) in [5, 5.41) is 3.01. The van der Waals surface area contributed by atoms with Crippen molar-refractivity contribution in [2.45, 2.75) is 39.5 Å². The van der Waals surface area contributed by atoms with Gasteiger partial charge in [-0.2, -0.15) is 0 Å². The number of hydrogen-bond acceptors (Lipinski definition) is 3. The fourth-order valence-electron chi connectivity index (χ4n) is 3.26. The molecule has 1 heterocycles. The molecule has 2 rings (SSSR count). The molecule has 0 spiro atoms. The molecule has 0 atom stereocenters. The van der Waals surface area contributed by atoms with Crippen molar-refractivity contribution in [1.29, 1.82) is 0 Å². The molecule has 4 amide bonds. The minimum absolute atomic E-state index is 0.00941. The lowest BCUT2D eigenvalue weighted by Crippen LogP contribution is -2.44. The van der Waals surface area contributed by atoms with Gasteiger partial charge in [-0.1, -0.05) is 32.9 Å². The first kappa shape index (κ1) is 23.0. The molecule has 1 aliphatic heterocycles. The van der Waals surface area contributed by atoms with Gasteiger partial charge in [-0.15, -0.1) is 0 Å². The Hall–Kier alpha value is -2.28. The third-order valence-electron chi connectivity index (χ3n) is 5.14. The van der Waals surface area contributed by atoms with Gasteiger partial charge < -0.3 is 24.8 Å². The van der Waals surface area contributed by atoms with Gasteiger partial charge in [0.15, 0.2) is 0 Å². The van der Waals surface area contributed by atoms with Gasteiger partial charge in [0, 0.05) is 52.1 Å². The van der Waals surface area contributed by atoms with Crippen LogP contribution < -0.4 is 5.32 Å². The quantitative estimate of drug-likeness (QED) is 0.763. The molecule has 1 aromatic rings. The van der Waals surface area contributed by atoms with E-state index in [0.717, 1.165) is 12.1 Å². The van der Waals surface area contributed by atoms with Crippen LogP contribution in [0.4, 0.5) is 15.3 Å². The summed E-state index contributed by atoms with van der Waals surface area (Å²) in [6.07, 6.45) is 0.764. The molecule has 0 bridgehead atoms. The molecule has 1 aromatic carbocycles. The topological polar surface area (TPSA) is 65.1 Å². The predicted molar refractivity (Wildman–Crippen MR) is 116 cm³/mol. The Kier molecular flexibility index (Phi) is 8.32. The van der Waals surface area contributed by atoms with Crippen molar-refractivity contribution in [3.8, 4) is 0 Å². The van der Waals surface area contributed by atoms with Crippen LogP contribution in [0.5, 0.6) is 0 Å². The van der Waals surface area contributed by atoms with Gasteiger partial charge in [-0.05, 0) is 36.5 Å². The number of anilines is 1. The summed E-state index contributed by atoms with van der Waals surface area (Å²) >= 11 is 0. The van der Waals surface area contributed by atoms with Crippen LogP contribution in [-0.4, -0.2) is 79.7 Å². The van der Waals surface area contributed by atoms with E-state index in [1.165, 1.54) is 5.56 Å². The molecule has 1 saturated heterocycles. The molecule has 0 aliphatic carbocycles. The van der Waals surface area contributed by atoms with E-state index in [2.05, 4.69) is 32.2 Å². The molecule has 0 unspecified atom stereocenters. The lowest BCUT2D eigenvalue weighted by Gasteiger charge is -2.27. The molecule has 1 fully saturated rings. The van der Waals surface area contributed by atoms with Gasteiger partial charge in [0.25, 0.3) is 0 Å². The number of carbonyl (C=O) groups is 2. The zero-order valence-corrected chi connectivity index (χ0v) is 18.5. The molecule has 0 radical (unpaired) electrons. The van der Waals surface area contributed by atoms with Gasteiger partial charge in [0.1, 0.15) is 0 Å². The number of ether oxygens (including phenoxy) is 1. The number of nitrogens with zero attached hydrogens (tertiary/aromatic N) is 3. The first-order chi connectivity index (χ1) is 13.7. The van der Waals surface area contributed by atoms with Crippen LogP contribution in [0.2, 0.25) is 0 Å². The van der Waals surface area contributed by atoms with E-state index >= 15 is 0 Å². The summed E-state index contributed by atoms with van der Waals surface area (Å²) in [6, 6.07) is 7.86. The number of urea groups is 2. The van der Waals surface area contributed by atoms with E-state index in [-0.39, 0.29) is 17.5 Å². The first-order valence-electron chi connectivity index (χ1n) is 10.5. The summed E-state index contributed by atoms with van der Waals surface area (Å²) in [4.78, 5) is 30.7. The average Bonchev–Trinajstić information content (AvgIpc) is 2.93. The number of rotatable bonds is 5. The Labute approximate surface area is 175 Å².